The summed E-state index contributed by atoms with van der Waals surface area (Å²) in [5.41, 5.74) is 6.22. The van der Waals surface area contributed by atoms with Crippen LogP contribution in [0.3, 0.4) is 0 Å². The number of nitrogens with one attached hydrogen (secondary N) is 2. The average molecular weight is 280 g/mol. The van der Waals surface area contributed by atoms with E-state index in [4.69, 9.17) is 18.0 Å². The van der Waals surface area contributed by atoms with Crippen LogP contribution in [-0.2, 0) is 4.79 Å². The number of carbonyl (C=O) groups is 2. The normalized spacial score (nSPS) is 10.1. The molecule has 0 saturated carbocycles. The van der Waals surface area contributed by atoms with Gasteiger partial charge in [0, 0.05) is 17.8 Å². The van der Waals surface area contributed by atoms with Gasteiger partial charge in [-0.05, 0) is 26.0 Å². The maximum Gasteiger partial charge on any atom is 0.270 e. The monoisotopic (exact) mass is 280 g/mol. The molecular weight excluding hydrogens is 264 g/mol. The van der Waals surface area contributed by atoms with E-state index in [1.165, 1.54) is 12.3 Å². The Morgan fingerprint density at radius 3 is 2.58 bits per heavy atom. The minimum absolute atomic E-state index is 0.0346. The third kappa shape index (κ3) is 5.01. The highest BCUT2D eigenvalue weighted by atomic mass is 32.1. The summed E-state index contributed by atoms with van der Waals surface area (Å²) in [6.07, 6.45) is 1.42. The molecule has 1 heterocycles. The highest BCUT2D eigenvalue weighted by Gasteiger charge is 2.10. The quantitative estimate of drug-likeness (QED) is 0.658. The molecule has 4 N–H and O–H groups in total. The Morgan fingerprint density at radius 2 is 2.11 bits per heavy atom. The SMILES string of the molecule is CC(C)NC(=O)CNC(=O)c1ccc(C(N)=S)cn1. The standard InChI is InChI=1S/C12H16N4O2S/c1-7(2)16-10(17)6-15-12(18)9-4-3-8(5-14-9)11(13)19/h3-5,7H,6H2,1-2H3,(H2,13,19)(H,15,18)(H,16,17). The third-order valence-corrected chi connectivity index (χ3v) is 2.38. The first-order valence-corrected chi connectivity index (χ1v) is 6.14. The molecule has 19 heavy (non-hydrogen) atoms. The predicted molar refractivity (Wildman–Crippen MR) is 75.7 cm³/mol. The van der Waals surface area contributed by atoms with Gasteiger partial charge in [0.2, 0.25) is 5.91 Å². The number of pyridine rings is 1. The van der Waals surface area contributed by atoms with Gasteiger partial charge >= 0.3 is 0 Å². The first-order valence-electron chi connectivity index (χ1n) is 5.73. The first kappa shape index (κ1) is 15.0. The Kier molecular flexibility index (Phi) is 5.37. The molecule has 102 valence electrons. The maximum absolute atomic E-state index is 11.7. The summed E-state index contributed by atoms with van der Waals surface area (Å²) in [5.74, 6) is -0.670. The van der Waals surface area contributed by atoms with Crippen LogP contribution < -0.4 is 16.4 Å². The lowest BCUT2D eigenvalue weighted by atomic mass is 10.2. The smallest absolute Gasteiger partial charge is 0.270 e. The number of amides is 2. The Morgan fingerprint density at radius 1 is 1.42 bits per heavy atom. The van der Waals surface area contributed by atoms with Crippen molar-refractivity contribution in [2.75, 3.05) is 6.54 Å². The molecule has 0 aliphatic heterocycles. The van der Waals surface area contributed by atoms with Crippen LogP contribution in [0.1, 0.15) is 29.9 Å². The highest BCUT2D eigenvalue weighted by molar-refractivity contribution is 7.80. The number of rotatable bonds is 5. The molecule has 0 unspecified atom stereocenters. The molecule has 1 aromatic rings. The van der Waals surface area contributed by atoms with Crippen LogP contribution in [0.4, 0.5) is 0 Å². The third-order valence-electron chi connectivity index (χ3n) is 2.14. The summed E-state index contributed by atoms with van der Waals surface area (Å²) < 4.78 is 0. The zero-order valence-corrected chi connectivity index (χ0v) is 11.6. The summed E-state index contributed by atoms with van der Waals surface area (Å²) in [6.45, 7) is 3.60. The van der Waals surface area contributed by atoms with Crippen LogP contribution in [0.15, 0.2) is 18.3 Å². The van der Waals surface area contributed by atoms with Gasteiger partial charge in [-0.3, -0.25) is 14.6 Å². The van der Waals surface area contributed by atoms with E-state index in [1.807, 2.05) is 13.8 Å². The molecule has 0 fully saturated rings. The number of aromatic nitrogens is 1. The topological polar surface area (TPSA) is 97.1 Å². The van der Waals surface area contributed by atoms with Gasteiger partial charge in [0.1, 0.15) is 10.7 Å². The summed E-state index contributed by atoms with van der Waals surface area (Å²) in [7, 11) is 0. The fourth-order valence-corrected chi connectivity index (χ4v) is 1.42. The van der Waals surface area contributed by atoms with E-state index in [0.717, 1.165) is 0 Å². The maximum atomic E-state index is 11.7. The number of thiocarbonyl (C=S) groups is 1. The van der Waals surface area contributed by atoms with Crippen LogP contribution in [0.2, 0.25) is 0 Å². The Hall–Kier alpha value is -2.02. The van der Waals surface area contributed by atoms with Gasteiger partial charge in [0.25, 0.3) is 5.91 Å². The van der Waals surface area contributed by atoms with E-state index in [0.29, 0.717) is 5.56 Å². The minimum Gasteiger partial charge on any atom is -0.389 e. The van der Waals surface area contributed by atoms with E-state index in [1.54, 1.807) is 6.07 Å². The first-order chi connectivity index (χ1) is 8.90. The number of nitrogens with zero attached hydrogens (tertiary/aromatic N) is 1. The van der Waals surface area contributed by atoms with Gasteiger partial charge in [0.05, 0.1) is 6.54 Å². The lowest BCUT2D eigenvalue weighted by Crippen LogP contribution is -2.40. The van der Waals surface area contributed by atoms with Crippen LogP contribution in [-0.4, -0.2) is 34.4 Å². The molecule has 7 heteroatoms. The summed E-state index contributed by atoms with van der Waals surface area (Å²) in [5, 5.41) is 5.14. The molecule has 0 bridgehead atoms. The summed E-state index contributed by atoms with van der Waals surface area (Å²) >= 11 is 4.78. The lowest BCUT2D eigenvalue weighted by Gasteiger charge is -2.09. The molecule has 0 saturated heterocycles. The van der Waals surface area contributed by atoms with Gasteiger partial charge in [0.15, 0.2) is 0 Å². The second kappa shape index (κ2) is 6.79. The van der Waals surface area contributed by atoms with Gasteiger partial charge < -0.3 is 16.4 Å². The van der Waals surface area contributed by atoms with E-state index in [-0.39, 0.29) is 29.2 Å². The molecule has 1 aromatic heterocycles. The van der Waals surface area contributed by atoms with Crippen LogP contribution in [0, 0.1) is 0 Å². The van der Waals surface area contributed by atoms with Crippen molar-refractivity contribution in [1.82, 2.24) is 15.6 Å². The Labute approximate surface area is 116 Å². The number of hydrogen-bond acceptors (Lipinski definition) is 4. The van der Waals surface area contributed by atoms with E-state index in [9.17, 15) is 9.59 Å². The average Bonchev–Trinajstić information content (AvgIpc) is 2.35. The second-order valence-electron chi connectivity index (χ2n) is 4.20. The molecule has 0 aliphatic carbocycles. The molecule has 0 aliphatic rings. The zero-order valence-electron chi connectivity index (χ0n) is 10.8. The number of nitrogens with two attached hydrogens (primary N) is 1. The highest BCUT2D eigenvalue weighted by Crippen LogP contribution is 2.00. The summed E-state index contributed by atoms with van der Waals surface area (Å²) in [4.78, 5) is 27.2. The Balaban J connectivity index is 2.54. The van der Waals surface area contributed by atoms with Crippen molar-refractivity contribution in [3.63, 3.8) is 0 Å². The van der Waals surface area contributed by atoms with Crippen molar-refractivity contribution < 1.29 is 9.59 Å². The fraction of sp³-hybridized carbons (Fsp3) is 0.333. The molecule has 0 aromatic carbocycles. The largest absolute Gasteiger partial charge is 0.389 e. The zero-order chi connectivity index (χ0) is 14.4. The lowest BCUT2D eigenvalue weighted by molar-refractivity contribution is -0.120. The van der Waals surface area contributed by atoms with E-state index >= 15 is 0 Å². The van der Waals surface area contributed by atoms with Gasteiger partial charge in [-0.1, -0.05) is 12.2 Å². The second-order valence-corrected chi connectivity index (χ2v) is 4.64. The van der Waals surface area contributed by atoms with Gasteiger partial charge in [-0.2, -0.15) is 0 Å². The van der Waals surface area contributed by atoms with Gasteiger partial charge in [-0.25, -0.2) is 0 Å². The molecule has 0 spiro atoms. The molecular formula is C12H16N4O2S. The van der Waals surface area contributed by atoms with Crippen molar-refractivity contribution in [2.24, 2.45) is 5.73 Å². The van der Waals surface area contributed by atoms with Crippen molar-refractivity contribution in [2.45, 2.75) is 19.9 Å². The van der Waals surface area contributed by atoms with Crippen molar-refractivity contribution >= 4 is 29.0 Å². The van der Waals surface area contributed by atoms with Crippen molar-refractivity contribution in [1.29, 1.82) is 0 Å². The van der Waals surface area contributed by atoms with E-state index < -0.39 is 5.91 Å². The number of hydrogen-bond donors (Lipinski definition) is 3. The van der Waals surface area contributed by atoms with Crippen molar-refractivity contribution in [3.05, 3.63) is 29.6 Å². The van der Waals surface area contributed by atoms with Gasteiger partial charge in [-0.15, -0.1) is 0 Å². The van der Waals surface area contributed by atoms with Crippen molar-refractivity contribution in [3.8, 4) is 0 Å². The molecule has 0 radical (unpaired) electrons. The van der Waals surface area contributed by atoms with Crippen LogP contribution >= 0.6 is 12.2 Å². The molecule has 6 nitrogen and oxygen atoms in total. The predicted octanol–water partition coefficient (Wildman–Crippen LogP) is -0.0298. The van der Waals surface area contributed by atoms with Crippen LogP contribution in [0.25, 0.3) is 0 Å². The Bertz CT molecular complexity index is 485. The molecule has 0 atom stereocenters. The van der Waals surface area contributed by atoms with Crippen LogP contribution in [0.5, 0.6) is 0 Å². The molecule has 2 amide bonds. The fourth-order valence-electron chi connectivity index (χ4n) is 1.30. The molecule has 1 rings (SSSR count). The summed E-state index contributed by atoms with van der Waals surface area (Å²) in [6, 6.07) is 3.15. The minimum atomic E-state index is -0.423. The van der Waals surface area contributed by atoms with E-state index in [2.05, 4.69) is 15.6 Å². The number of carbonyl (C=O) groups excluding carboxylic acids is 2.